The Labute approximate surface area is 166 Å². The maximum atomic E-state index is 13.0. The van der Waals surface area contributed by atoms with Crippen LogP contribution in [0.15, 0.2) is 27.8 Å². The first-order chi connectivity index (χ1) is 14.0. The molecule has 0 spiro atoms. The highest BCUT2D eigenvalue weighted by Crippen LogP contribution is 2.39. The molecular weight excluding hydrogens is 378 g/mol. The Morgan fingerprint density at radius 3 is 2.66 bits per heavy atom. The molecule has 3 aromatic rings. The van der Waals surface area contributed by atoms with Gasteiger partial charge in [-0.15, -0.1) is 0 Å². The number of benzene rings is 1. The molecule has 1 aliphatic heterocycles. The molecule has 0 aliphatic carbocycles. The predicted molar refractivity (Wildman–Crippen MR) is 107 cm³/mol. The van der Waals surface area contributed by atoms with E-state index in [0.29, 0.717) is 48.1 Å². The second-order valence-corrected chi connectivity index (χ2v) is 6.80. The van der Waals surface area contributed by atoms with Crippen LogP contribution in [0.1, 0.15) is 6.42 Å². The minimum absolute atomic E-state index is 0.0957. The summed E-state index contributed by atoms with van der Waals surface area (Å²) in [4.78, 5) is 32.2. The minimum Gasteiger partial charge on any atom is -0.497 e. The molecule has 1 aromatic carbocycles. The van der Waals surface area contributed by atoms with E-state index in [1.807, 2.05) is 27.7 Å². The highest BCUT2D eigenvalue weighted by Gasteiger charge is 2.30. The molecule has 0 bridgehead atoms. The van der Waals surface area contributed by atoms with Crippen molar-refractivity contribution in [3.05, 3.63) is 39.0 Å². The van der Waals surface area contributed by atoms with Gasteiger partial charge < -0.3 is 24.0 Å². The smallest absolute Gasteiger partial charge is 0.332 e. The van der Waals surface area contributed by atoms with Crippen molar-refractivity contribution in [2.24, 2.45) is 7.05 Å². The summed E-state index contributed by atoms with van der Waals surface area (Å²) < 4.78 is 15.2. The third kappa shape index (κ3) is 2.87. The first kappa shape index (κ1) is 19.1. The van der Waals surface area contributed by atoms with Crippen molar-refractivity contribution in [2.75, 3.05) is 32.3 Å². The van der Waals surface area contributed by atoms with Gasteiger partial charge in [-0.1, -0.05) is 0 Å². The fourth-order valence-electron chi connectivity index (χ4n) is 3.74. The second kappa shape index (κ2) is 7.28. The molecule has 154 valence electrons. The number of nitrogens with zero attached hydrogens (tertiary/aromatic N) is 5. The van der Waals surface area contributed by atoms with Crippen molar-refractivity contribution < 1.29 is 14.6 Å². The number of aliphatic hydroxyl groups is 1. The maximum Gasteiger partial charge on any atom is 0.332 e. The molecule has 10 nitrogen and oxygen atoms in total. The van der Waals surface area contributed by atoms with E-state index in [-0.39, 0.29) is 13.2 Å². The summed E-state index contributed by atoms with van der Waals surface area (Å²) in [6.45, 7) is 1.20. The molecule has 3 heterocycles. The third-order valence-corrected chi connectivity index (χ3v) is 5.22. The fourth-order valence-corrected chi connectivity index (χ4v) is 3.74. The van der Waals surface area contributed by atoms with Gasteiger partial charge in [-0.05, 0) is 18.6 Å². The lowest BCUT2D eigenvalue weighted by Gasteiger charge is -2.19. The Morgan fingerprint density at radius 2 is 1.97 bits per heavy atom. The summed E-state index contributed by atoms with van der Waals surface area (Å²) >= 11 is 0. The number of rotatable bonds is 6. The number of aromatic nitrogens is 4. The lowest BCUT2D eigenvalue weighted by atomic mass is 10.2. The van der Waals surface area contributed by atoms with Crippen molar-refractivity contribution in [1.82, 2.24) is 18.7 Å². The van der Waals surface area contributed by atoms with Crippen LogP contribution in [0.25, 0.3) is 11.2 Å². The first-order valence-electron chi connectivity index (χ1n) is 9.32. The maximum absolute atomic E-state index is 13.0. The summed E-state index contributed by atoms with van der Waals surface area (Å²) in [7, 11) is 4.78. The molecule has 0 radical (unpaired) electrons. The van der Waals surface area contributed by atoms with Gasteiger partial charge in [0.25, 0.3) is 5.56 Å². The molecule has 0 saturated heterocycles. The Hall–Kier alpha value is -3.27. The van der Waals surface area contributed by atoms with Gasteiger partial charge in [0, 0.05) is 39.4 Å². The van der Waals surface area contributed by atoms with Crippen LogP contribution >= 0.6 is 0 Å². The number of anilines is 2. The number of aryl methyl sites for hydroxylation is 1. The van der Waals surface area contributed by atoms with Gasteiger partial charge in [0.2, 0.25) is 5.95 Å². The predicted octanol–water partition coefficient (Wildman–Crippen LogP) is 0.448. The van der Waals surface area contributed by atoms with Crippen LogP contribution in [-0.4, -0.2) is 51.2 Å². The largest absolute Gasteiger partial charge is 0.497 e. The zero-order chi connectivity index (χ0) is 20.7. The Balaban J connectivity index is 1.92. The number of hydrogen-bond acceptors (Lipinski definition) is 7. The van der Waals surface area contributed by atoms with E-state index >= 15 is 0 Å². The van der Waals surface area contributed by atoms with Gasteiger partial charge in [0.1, 0.15) is 11.5 Å². The van der Waals surface area contributed by atoms with Crippen molar-refractivity contribution in [3.63, 3.8) is 0 Å². The van der Waals surface area contributed by atoms with Crippen LogP contribution in [0.4, 0.5) is 11.6 Å². The molecule has 0 amide bonds. The molecule has 0 atom stereocenters. The lowest BCUT2D eigenvalue weighted by Crippen LogP contribution is -2.39. The van der Waals surface area contributed by atoms with Gasteiger partial charge in [-0.25, -0.2) is 4.79 Å². The van der Waals surface area contributed by atoms with Crippen molar-refractivity contribution in [1.29, 1.82) is 0 Å². The minimum atomic E-state index is -0.446. The van der Waals surface area contributed by atoms with E-state index in [9.17, 15) is 9.59 Å². The molecule has 0 fully saturated rings. The van der Waals surface area contributed by atoms with Crippen LogP contribution in [-0.2, 0) is 20.1 Å². The molecule has 10 heteroatoms. The molecule has 0 saturated carbocycles. The number of hydrogen-bond donors (Lipinski definition) is 1. The van der Waals surface area contributed by atoms with Crippen LogP contribution in [0.5, 0.6) is 11.5 Å². The van der Waals surface area contributed by atoms with Gasteiger partial charge in [0.05, 0.1) is 19.9 Å². The molecule has 1 aliphatic rings. The number of ether oxygens (including phenoxy) is 2. The Morgan fingerprint density at radius 1 is 1.17 bits per heavy atom. The standard InChI is InChI=1S/C19H23N5O5/c1-21-16-15(17(26)24(19(21)27)7-4-10-25)23-9-8-22(18(23)20-16)13-11-12(28-2)5-6-14(13)29-3/h5-6,11,25H,4,7-10H2,1-3H3. The zero-order valence-corrected chi connectivity index (χ0v) is 16.6. The van der Waals surface area contributed by atoms with Crippen LogP contribution in [0.3, 0.4) is 0 Å². The lowest BCUT2D eigenvalue weighted by molar-refractivity contribution is 0.277. The van der Waals surface area contributed by atoms with E-state index in [1.54, 1.807) is 21.3 Å². The van der Waals surface area contributed by atoms with E-state index in [0.717, 1.165) is 10.3 Å². The normalized spacial score (nSPS) is 13.2. The van der Waals surface area contributed by atoms with Crippen molar-refractivity contribution >= 4 is 22.8 Å². The average Bonchev–Trinajstić information content (AvgIpc) is 3.31. The van der Waals surface area contributed by atoms with E-state index in [4.69, 9.17) is 14.6 Å². The van der Waals surface area contributed by atoms with Crippen LogP contribution in [0, 0.1) is 0 Å². The number of aliphatic hydroxyl groups excluding tert-OH is 1. The van der Waals surface area contributed by atoms with Gasteiger partial charge in [-0.3, -0.25) is 13.9 Å². The van der Waals surface area contributed by atoms with Crippen molar-refractivity contribution in [2.45, 2.75) is 19.5 Å². The highest BCUT2D eigenvalue weighted by molar-refractivity contribution is 5.79. The summed E-state index contributed by atoms with van der Waals surface area (Å²) in [6, 6.07) is 5.48. The molecular formula is C19H23N5O5. The summed E-state index contributed by atoms with van der Waals surface area (Å²) in [5.41, 5.74) is 0.644. The number of methoxy groups -OCH3 is 2. The second-order valence-electron chi connectivity index (χ2n) is 6.80. The molecule has 29 heavy (non-hydrogen) atoms. The molecule has 1 N–H and O–H groups in total. The molecule has 4 rings (SSSR count). The number of imidazole rings is 1. The van der Waals surface area contributed by atoms with Crippen LogP contribution in [0.2, 0.25) is 0 Å². The topological polar surface area (TPSA) is 104 Å². The highest BCUT2D eigenvalue weighted by atomic mass is 16.5. The molecule has 2 aromatic heterocycles. The van der Waals surface area contributed by atoms with E-state index < -0.39 is 11.2 Å². The Bertz CT molecular complexity index is 1190. The monoisotopic (exact) mass is 401 g/mol. The quantitative estimate of drug-likeness (QED) is 0.639. The van der Waals surface area contributed by atoms with Crippen molar-refractivity contribution in [3.8, 4) is 11.5 Å². The molecule has 0 unspecified atom stereocenters. The van der Waals surface area contributed by atoms with Gasteiger partial charge in [0.15, 0.2) is 11.2 Å². The van der Waals surface area contributed by atoms with E-state index in [2.05, 4.69) is 4.98 Å². The summed E-state index contributed by atoms with van der Waals surface area (Å²) in [5, 5.41) is 9.09. The van der Waals surface area contributed by atoms with E-state index in [1.165, 1.54) is 4.57 Å². The number of fused-ring (bicyclic) bond motifs is 3. The fraction of sp³-hybridized carbons (Fsp3) is 0.421. The summed E-state index contributed by atoms with van der Waals surface area (Å²) in [5.74, 6) is 1.90. The van der Waals surface area contributed by atoms with Gasteiger partial charge >= 0.3 is 5.69 Å². The third-order valence-electron chi connectivity index (χ3n) is 5.22. The first-order valence-corrected chi connectivity index (χ1v) is 9.32. The zero-order valence-electron chi connectivity index (χ0n) is 16.6. The SMILES string of the molecule is COc1ccc(OC)c(N2CCn3c2nc2c3c(=O)n(CCCO)c(=O)n2C)c1. The van der Waals surface area contributed by atoms with Gasteiger partial charge in [-0.2, -0.15) is 4.98 Å². The van der Waals surface area contributed by atoms with Crippen LogP contribution < -0.4 is 25.6 Å². The summed E-state index contributed by atoms with van der Waals surface area (Å²) in [6.07, 6.45) is 0.328. The average molecular weight is 401 g/mol. The Kier molecular flexibility index (Phi) is 4.79.